The lowest BCUT2D eigenvalue weighted by atomic mass is 10.0. The molecule has 1 heterocycles. The fourth-order valence-electron chi connectivity index (χ4n) is 3.64. The average Bonchev–Trinajstić information content (AvgIpc) is 2.80. The van der Waals surface area contributed by atoms with Crippen molar-refractivity contribution in [3.8, 4) is 5.75 Å². The van der Waals surface area contributed by atoms with Gasteiger partial charge in [0.15, 0.2) is 0 Å². The van der Waals surface area contributed by atoms with Crippen LogP contribution in [0, 0.1) is 6.92 Å². The molecule has 0 N–H and O–H groups in total. The lowest BCUT2D eigenvalue weighted by Gasteiger charge is -2.35. The summed E-state index contributed by atoms with van der Waals surface area (Å²) < 4.78 is 5.22. The van der Waals surface area contributed by atoms with Crippen molar-refractivity contribution in [2.24, 2.45) is 0 Å². The highest BCUT2D eigenvalue weighted by Crippen LogP contribution is 2.27. The summed E-state index contributed by atoms with van der Waals surface area (Å²) >= 11 is 0. The number of hydrogen-bond donors (Lipinski definition) is 0. The molecule has 31 heavy (non-hydrogen) atoms. The monoisotopic (exact) mass is 412 g/mol. The van der Waals surface area contributed by atoms with Crippen LogP contribution in [-0.4, -0.2) is 30.5 Å². The first kappa shape index (κ1) is 20.4. The number of imide groups is 1. The normalized spacial score (nSPS) is 15.5. The second-order valence-corrected chi connectivity index (χ2v) is 7.49. The standard InChI is InChI=1S/C26H24N2O3/c1-19-8-6-7-9-21(19)16-22-18-27(17-20-12-14-24(31-2)15-13-20)26(30)28(25(22)29)23-10-4-3-5-11-23/h3-16H,17-18H2,1-2H3/b22-16-. The van der Waals surface area contributed by atoms with Gasteiger partial charge in [0.2, 0.25) is 0 Å². The van der Waals surface area contributed by atoms with Gasteiger partial charge in [0.05, 0.1) is 19.3 Å². The van der Waals surface area contributed by atoms with Crippen molar-refractivity contribution in [3.05, 3.63) is 101 Å². The molecule has 5 nitrogen and oxygen atoms in total. The molecule has 1 fully saturated rings. The molecule has 0 spiro atoms. The Balaban J connectivity index is 1.71. The minimum atomic E-state index is -0.325. The summed E-state index contributed by atoms with van der Waals surface area (Å²) in [6.45, 7) is 2.65. The van der Waals surface area contributed by atoms with Crippen LogP contribution in [-0.2, 0) is 11.3 Å². The van der Waals surface area contributed by atoms with Crippen LogP contribution < -0.4 is 9.64 Å². The number of hydrogen-bond acceptors (Lipinski definition) is 3. The van der Waals surface area contributed by atoms with Crippen molar-refractivity contribution in [2.45, 2.75) is 13.5 Å². The summed E-state index contributed by atoms with van der Waals surface area (Å²) in [6, 6.07) is 24.2. The van der Waals surface area contributed by atoms with Gasteiger partial charge >= 0.3 is 6.03 Å². The van der Waals surface area contributed by atoms with E-state index in [2.05, 4.69) is 0 Å². The number of carbonyl (C=O) groups is 2. The molecular formula is C26H24N2O3. The molecule has 0 unspecified atom stereocenters. The molecule has 0 aromatic heterocycles. The number of methoxy groups -OCH3 is 1. The maximum atomic E-state index is 13.3. The van der Waals surface area contributed by atoms with Crippen LogP contribution in [0.2, 0.25) is 0 Å². The molecule has 5 heteroatoms. The maximum Gasteiger partial charge on any atom is 0.332 e. The van der Waals surface area contributed by atoms with Crippen molar-refractivity contribution in [3.63, 3.8) is 0 Å². The molecule has 156 valence electrons. The fraction of sp³-hybridized carbons (Fsp3) is 0.154. The molecule has 0 atom stereocenters. The Morgan fingerprint density at radius 1 is 0.903 bits per heavy atom. The zero-order chi connectivity index (χ0) is 21.8. The van der Waals surface area contributed by atoms with E-state index in [-0.39, 0.29) is 18.5 Å². The molecule has 3 aromatic carbocycles. The summed E-state index contributed by atoms with van der Waals surface area (Å²) in [5.74, 6) is 0.473. The minimum absolute atomic E-state index is 0.251. The Labute approximate surface area is 182 Å². The van der Waals surface area contributed by atoms with Crippen molar-refractivity contribution in [1.82, 2.24) is 4.90 Å². The number of amides is 3. The summed E-state index contributed by atoms with van der Waals surface area (Å²) in [7, 11) is 1.62. The van der Waals surface area contributed by atoms with Crippen LogP contribution in [0.3, 0.4) is 0 Å². The van der Waals surface area contributed by atoms with Gasteiger partial charge in [0, 0.05) is 12.1 Å². The van der Waals surface area contributed by atoms with E-state index in [1.165, 1.54) is 4.90 Å². The lowest BCUT2D eigenvalue weighted by molar-refractivity contribution is -0.115. The number of anilines is 1. The van der Waals surface area contributed by atoms with Gasteiger partial charge < -0.3 is 9.64 Å². The number of benzene rings is 3. The van der Waals surface area contributed by atoms with Crippen molar-refractivity contribution in [2.75, 3.05) is 18.6 Å². The molecule has 1 saturated heterocycles. The second-order valence-electron chi connectivity index (χ2n) is 7.49. The molecule has 0 saturated carbocycles. The second kappa shape index (κ2) is 8.88. The van der Waals surface area contributed by atoms with Gasteiger partial charge in [-0.15, -0.1) is 0 Å². The number of aryl methyl sites for hydroxylation is 1. The Bertz CT molecular complexity index is 1120. The smallest absolute Gasteiger partial charge is 0.332 e. The average molecular weight is 412 g/mol. The number of urea groups is 1. The number of ether oxygens (including phenoxy) is 1. The van der Waals surface area contributed by atoms with E-state index in [1.807, 2.05) is 79.7 Å². The van der Waals surface area contributed by atoms with Crippen molar-refractivity contribution >= 4 is 23.7 Å². The zero-order valence-corrected chi connectivity index (χ0v) is 17.6. The third-order valence-corrected chi connectivity index (χ3v) is 5.37. The molecule has 1 aliphatic rings. The summed E-state index contributed by atoms with van der Waals surface area (Å²) in [5, 5.41) is 0. The molecule has 0 radical (unpaired) electrons. The van der Waals surface area contributed by atoms with Gasteiger partial charge in [-0.3, -0.25) is 4.79 Å². The zero-order valence-electron chi connectivity index (χ0n) is 17.6. The van der Waals surface area contributed by atoms with Crippen LogP contribution >= 0.6 is 0 Å². The minimum Gasteiger partial charge on any atom is -0.497 e. The number of carbonyl (C=O) groups excluding carboxylic acids is 2. The maximum absolute atomic E-state index is 13.3. The van der Waals surface area contributed by atoms with E-state index < -0.39 is 0 Å². The summed E-state index contributed by atoms with van der Waals surface area (Å²) in [5.41, 5.74) is 4.15. The van der Waals surface area contributed by atoms with E-state index in [1.54, 1.807) is 24.1 Å². The van der Waals surface area contributed by atoms with Crippen LogP contribution in [0.25, 0.3) is 6.08 Å². The quantitative estimate of drug-likeness (QED) is 0.551. The first-order chi connectivity index (χ1) is 15.1. The SMILES string of the molecule is COc1ccc(CN2C/C(=C/c3ccccc3C)C(=O)N(c3ccccc3)C2=O)cc1. The molecule has 3 aromatic rings. The van der Waals surface area contributed by atoms with Gasteiger partial charge in [0.1, 0.15) is 5.75 Å². The Kier molecular flexibility index (Phi) is 5.85. The Hall–Kier alpha value is -3.86. The van der Waals surface area contributed by atoms with E-state index >= 15 is 0 Å². The van der Waals surface area contributed by atoms with Crippen LogP contribution in [0.4, 0.5) is 10.5 Å². The van der Waals surface area contributed by atoms with Gasteiger partial charge in [-0.05, 0) is 54.0 Å². The summed E-state index contributed by atoms with van der Waals surface area (Å²) in [6.07, 6.45) is 1.89. The van der Waals surface area contributed by atoms with E-state index in [9.17, 15) is 9.59 Å². The molecule has 1 aliphatic heterocycles. The topological polar surface area (TPSA) is 49.9 Å². The molecular weight excluding hydrogens is 388 g/mol. The van der Waals surface area contributed by atoms with E-state index in [0.29, 0.717) is 17.8 Å². The van der Waals surface area contributed by atoms with Gasteiger partial charge in [-0.25, -0.2) is 9.69 Å². The highest BCUT2D eigenvalue weighted by molar-refractivity contribution is 6.24. The number of para-hydroxylation sites is 1. The first-order valence-corrected chi connectivity index (χ1v) is 10.1. The first-order valence-electron chi connectivity index (χ1n) is 10.1. The van der Waals surface area contributed by atoms with E-state index in [4.69, 9.17) is 4.74 Å². The van der Waals surface area contributed by atoms with Gasteiger partial charge in [-0.1, -0.05) is 54.6 Å². The Morgan fingerprint density at radius 2 is 1.58 bits per heavy atom. The van der Waals surface area contributed by atoms with Gasteiger partial charge in [-0.2, -0.15) is 0 Å². The molecule has 0 bridgehead atoms. The van der Waals surface area contributed by atoms with Crippen molar-refractivity contribution in [1.29, 1.82) is 0 Å². The molecule has 0 aliphatic carbocycles. The summed E-state index contributed by atoms with van der Waals surface area (Å²) in [4.78, 5) is 29.6. The molecule has 4 rings (SSSR count). The van der Waals surface area contributed by atoms with E-state index in [0.717, 1.165) is 22.4 Å². The highest BCUT2D eigenvalue weighted by atomic mass is 16.5. The van der Waals surface area contributed by atoms with Crippen LogP contribution in [0.15, 0.2) is 84.4 Å². The highest BCUT2D eigenvalue weighted by Gasteiger charge is 2.36. The number of nitrogens with zero attached hydrogens (tertiary/aromatic N) is 2. The van der Waals surface area contributed by atoms with Crippen LogP contribution in [0.1, 0.15) is 16.7 Å². The molecule has 3 amide bonds. The van der Waals surface area contributed by atoms with Gasteiger partial charge in [0.25, 0.3) is 5.91 Å². The third kappa shape index (κ3) is 4.36. The largest absolute Gasteiger partial charge is 0.497 e. The lowest BCUT2D eigenvalue weighted by Crippen LogP contribution is -2.53. The number of rotatable bonds is 5. The predicted octanol–water partition coefficient (Wildman–Crippen LogP) is 5.06. The third-order valence-electron chi connectivity index (χ3n) is 5.37. The fourth-order valence-corrected chi connectivity index (χ4v) is 3.64. The predicted molar refractivity (Wildman–Crippen MR) is 122 cm³/mol. The Morgan fingerprint density at radius 3 is 2.26 bits per heavy atom. The van der Waals surface area contributed by atoms with Crippen LogP contribution in [0.5, 0.6) is 5.75 Å². The van der Waals surface area contributed by atoms with Crippen molar-refractivity contribution < 1.29 is 14.3 Å².